The first-order chi connectivity index (χ1) is 7.32. The van der Waals surface area contributed by atoms with Gasteiger partial charge in [0.1, 0.15) is 0 Å². The average molecular weight is 230 g/mol. The summed E-state index contributed by atoms with van der Waals surface area (Å²) in [6, 6.07) is 0. The molecule has 1 atom stereocenters. The second kappa shape index (κ2) is 6.86. The maximum absolute atomic E-state index is 11.9. The van der Waals surface area contributed by atoms with Gasteiger partial charge in [-0.3, -0.25) is 4.79 Å². The zero-order chi connectivity index (χ0) is 12.8. The van der Waals surface area contributed by atoms with Gasteiger partial charge in [0.15, 0.2) is 0 Å². The number of carbonyl (C=O) groups is 1. The Morgan fingerprint density at radius 3 is 2.50 bits per heavy atom. The predicted molar refractivity (Wildman–Crippen MR) is 66.1 cm³/mol. The Morgan fingerprint density at radius 1 is 1.50 bits per heavy atom. The van der Waals surface area contributed by atoms with Crippen molar-refractivity contribution in [3.05, 3.63) is 0 Å². The van der Waals surface area contributed by atoms with Crippen LogP contribution in [0, 0.1) is 11.3 Å². The van der Waals surface area contributed by atoms with Crippen molar-refractivity contribution in [2.45, 2.75) is 27.2 Å². The molecule has 0 aliphatic rings. The molecular formula is C12H26N2O2. The number of ether oxygens (including phenoxy) is 1. The topological polar surface area (TPSA) is 55.6 Å². The van der Waals surface area contributed by atoms with E-state index in [1.807, 2.05) is 14.0 Å². The SMILES string of the molecule is COCC(C)CC(=O)N(C)CC(C)(C)CN. The maximum Gasteiger partial charge on any atom is 0.222 e. The number of nitrogens with zero attached hydrogens (tertiary/aromatic N) is 1. The quantitative estimate of drug-likeness (QED) is 0.712. The van der Waals surface area contributed by atoms with E-state index < -0.39 is 0 Å². The molecule has 1 amide bonds. The molecule has 0 bridgehead atoms. The van der Waals surface area contributed by atoms with E-state index in [-0.39, 0.29) is 17.2 Å². The molecule has 96 valence electrons. The van der Waals surface area contributed by atoms with Gasteiger partial charge in [-0.05, 0) is 17.9 Å². The van der Waals surface area contributed by atoms with Crippen LogP contribution < -0.4 is 5.73 Å². The second-order valence-corrected chi connectivity index (χ2v) is 5.38. The monoisotopic (exact) mass is 230 g/mol. The van der Waals surface area contributed by atoms with E-state index in [0.29, 0.717) is 26.1 Å². The fourth-order valence-electron chi connectivity index (χ4n) is 1.59. The largest absolute Gasteiger partial charge is 0.384 e. The number of hydrogen-bond donors (Lipinski definition) is 1. The predicted octanol–water partition coefficient (Wildman–Crippen LogP) is 1.10. The Balaban J connectivity index is 4.09. The van der Waals surface area contributed by atoms with E-state index in [9.17, 15) is 4.79 Å². The Kier molecular flexibility index (Phi) is 6.60. The first-order valence-corrected chi connectivity index (χ1v) is 5.75. The highest BCUT2D eigenvalue weighted by atomic mass is 16.5. The lowest BCUT2D eigenvalue weighted by Crippen LogP contribution is -2.40. The number of amides is 1. The van der Waals surface area contributed by atoms with E-state index in [1.54, 1.807) is 12.0 Å². The molecule has 0 fully saturated rings. The van der Waals surface area contributed by atoms with Crippen molar-refractivity contribution in [3.8, 4) is 0 Å². The first kappa shape index (κ1) is 15.4. The number of carbonyl (C=O) groups excluding carboxylic acids is 1. The molecule has 0 aromatic rings. The summed E-state index contributed by atoms with van der Waals surface area (Å²) in [6.45, 7) is 8.05. The van der Waals surface area contributed by atoms with E-state index >= 15 is 0 Å². The van der Waals surface area contributed by atoms with Gasteiger partial charge in [0.2, 0.25) is 5.91 Å². The number of rotatable bonds is 7. The smallest absolute Gasteiger partial charge is 0.222 e. The Labute approximate surface area is 99.1 Å². The number of hydrogen-bond acceptors (Lipinski definition) is 3. The van der Waals surface area contributed by atoms with Gasteiger partial charge >= 0.3 is 0 Å². The minimum atomic E-state index is -0.0189. The Bertz CT molecular complexity index is 217. The molecule has 0 spiro atoms. The number of methoxy groups -OCH3 is 1. The molecule has 2 N–H and O–H groups in total. The van der Waals surface area contributed by atoms with Crippen LogP contribution in [0.5, 0.6) is 0 Å². The van der Waals surface area contributed by atoms with Gasteiger partial charge in [-0.2, -0.15) is 0 Å². The minimum absolute atomic E-state index is 0.0189. The zero-order valence-electron chi connectivity index (χ0n) is 11.2. The fraction of sp³-hybridized carbons (Fsp3) is 0.917. The lowest BCUT2D eigenvalue weighted by molar-refractivity contribution is -0.132. The first-order valence-electron chi connectivity index (χ1n) is 5.75. The lowest BCUT2D eigenvalue weighted by atomic mass is 9.93. The summed E-state index contributed by atoms with van der Waals surface area (Å²) in [7, 11) is 3.49. The van der Waals surface area contributed by atoms with E-state index in [2.05, 4.69) is 13.8 Å². The zero-order valence-corrected chi connectivity index (χ0v) is 11.2. The van der Waals surface area contributed by atoms with Crippen molar-refractivity contribution < 1.29 is 9.53 Å². The van der Waals surface area contributed by atoms with E-state index in [1.165, 1.54) is 0 Å². The van der Waals surface area contributed by atoms with Crippen LogP contribution in [0.4, 0.5) is 0 Å². The standard InChI is InChI=1S/C12H26N2O2/c1-10(7-16-5)6-11(15)14(4)9-12(2,3)8-13/h10H,6-9,13H2,1-5H3. The van der Waals surface area contributed by atoms with Gasteiger partial charge in [-0.25, -0.2) is 0 Å². The molecule has 16 heavy (non-hydrogen) atoms. The highest BCUT2D eigenvalue weighted by Crippen LogP contribution is 2.15. The highest BCUT2D eigenvalue weighted by molar-refractivity contribution is 5.76. The number of nitrogens with two attached hydrogens (primary N) is 1. The normalized spacial score (nSPS) is 13.6. The molecule has 0 aliphatic carbocycles. The van der Waals surface area contributed by atoms with Crippen LogP contribution in [0.2, 0.25) is 0 Å². The summed E-state index contributed by atoms with van der Waals surface area (Å²) in [4.78, 5) is 13.6. The van der Waals surface area contributed by atoms with Crippen LogP contribution in [0.15, 0.2) is 0 Å². The van der Waals surface area contributed by atoms with Gasteiger partial charge in [0, 0.05) is 33.7 Å². The van der Waals surface area contributed by atoms with Gasteiger partial charge in [-0.1, -0.05) is 20.8 Å². The minimum Gasteiger partial charge on any atom is -0.384 e. The van der Waals surface area contributed by atoms with Crippen LogP contribution in [0.25, 0.3) is 0 Å². The van der Waals surface area contributed by atoms with E-state index in [4.69, 9.17) is 10.5 Å². The van der Waals surface area contributed by atoms with Crippen LogP contribution in [-0.4, -0.2) is 44.7 Å². The fourth-order valence-corrected chi connectivity index (χ4v) is 1.59. The Morgan fingerprint density at radius 2 is 2.06 bits per heavy atom. The van der Waals surface area contributed by atoms with Crippen LogP contribution in [0.1, 0.15) is 27.2 Å². The summed E-state index contributed by atoms with van der Waals surface area (Å²) in [5.41, 5.74) is 5.63. The van der Waals surface area contributed by atoms with Crippen molar-refractivity contribution in [3.63, 3.8) is 0 Å². The molecule has 0 rings (SSSR count). The molecular weight excluding hydrogens is 204 g/mol. The molecule has 0 saturated heterocycles. The molecule has 0 aromatic carbocycles. The van der Waals surface area contributed by atoms with Gasteiger partial charge < -0.3 is 15.4 Å². The molecule has 0 heterocycles. The van der Waals surface area contributed by atoms with Crippen LogP contribution >= 0.6 is 0 Å². The molecule has 4 nitrogen and oxygen atoms in total. The lowest BCUT2D eigenvalue weighted by Gasteiger charge is -2.29. The molecule has 0 aliphatic heterocycles. The Hall–Kier alpha value is -0.610. The van der Waals surface area contributed by atoms with Crippen molar-refractivity contribution in [1.29, 1.82) is 0 Å². The van der Waals surface area contributed by atoms with Gasteiger partial charge in [-0.15, -0.1) is 0 Å². The third kappa shape index (κ3) is 6.08. The second-order valence-electron chi connectivity index (χ2n) is 5.38. The highest BCUT2D eigenvalue weighted by Gasteiger charge is 2.21. The van der Waals surface area contributed by atoms with Gasteiger partial charge in [0.05, 0.1) is 0 Å². The van der Waals surface area contributed by atoms with Crippen molar-refractivity contribution in [2.75, 3.05) is 33.9 Å². The summed E-state index contributed by atoms with van der Waals surface area (Å²) >= 11 is 0. The van der Waals surface area contributed by atoms with Crippen LogP contribution in [-0.2, 0) is 9.53 Å². The van der Waals surface area contributed by atoms with Gasteiger partial charge in [0.25, 0.3) is 0 Å². The average Bonchev–Trinajstić information content (AvgIpc) is 2.17. The molecule has 0 aromatic heterocycles. The van der Waals surface area contributed by atoms with Crippen LogP contribution in [0.3, 0.4) is 0 Å². The molecule has 0 radical (unpaired) electrons. The summed E-state index contributed by atoms with van der Waals surface area (Å²) < 4.78 is 5.02. The van der Waals surface area contributed by atoms with Crippen molar-refractivity contribution >= 4 is 5.91 Å². The van der Waals surface area contributed by atoms with E-state index in [0.717, 1.165) is 0 Å². The molecule has 1 unspecified atom stereocenters. The third-order valence-corrected chi connectivity index (χ3v) is 2.62. The summed E-state index contributed by atoms with van der Waals surface area (Å²) in [5.74, 6) is 0.423. The maximum atomic E-state index is 11.9. The molecule has 4 heteroatoms. The van der Waals surface area contributed by atoms with Crippen molar-refractivity contribution in [2.24, 2.45) is 17.1 Å². The summed E-state index contributed by atoms with van der Waals surface area (Å²) in [6.07, 6.45) is 0.533. The summed E-state index contributed by atoms with van der Waals surface area (Å²) in [5, 5.41) is 0. The molecule has 0 saturated carbocycles. The van der Waals surface area contributed by atoms with Crippen molar-refractivity contribution in [1.82, 2.24) is 4.90 Å². The third-order valence-electron chi connectivity index (χ3n) is 2.62.